The standard InChI is InChI=1S/C10H14BrNO2/c1-10(13,6-12)8-4-3-7(11)5-9(8)14-2/h3-5,13H,6,12H2,1-2H3. The SMILES string of the molecule is COc1cc(Br)ccc1C(C)(O)CN. The summed E-state index contributed by atoms with van der Waals surface area (Å²) in [4.78, 5) is 0. The lowest BCUT2D eigenvalue weighted by molar-refractivity contribution is 0.0640. The van der Waals surface area contributed by atoms with Gasteiger partial charge in [0.2, 0.25) is 0 Å². The second-order valence-corrected chi connectivity index (χ2v) is 4.24. The van der Waals surface area contributed by atoms with Crippen LogP contribution in [0.1, 0.15) is 12.5 Å². The Kier molecular flexibility index (Phi) is 3.53. The quantitative estimate of drug-likeness (QED) is 0.868. The monoisotopic (exact) mass is 259 g/mol. The number of benzene rings is 1. The van der Waals surface area contributed by atoms with Crippen LogP contribution in [-0.4, -0.2) is 18.8 Å². The molecule has 0 saturated carbocycles. The molecule has 0 spiro atoms. The van der Waals surface area contributed by atoms with E-state index in [1.54, 1.807) is 26.2 Å². The summed E-state index contributed by atoms with van der Waals surface area (Å²) in [6.07, 6.45) is 0. The zero-order chi connectivity index (χ0) is 10.8. The fourth-order valence-electron chi connectivity index (χ4n) is 1.22. The van der Waals surface area contributed by atoms with Gasteiger partial charge in [0.15, 0.2) is 0 Å². The number of methoxy groups -OCH3 is 1. The summed E-state index contributed by atoms with van der Waals surface area (Å²) in [5.41, 5.74) is 5.13. The topological polar surface area (TPSA) is 55.5 Å². The minimum absolute atomic E-state index is 0.158. The van der Waals surface area contributed by atoms with Gasteiger partial charge in [0.25, 0.3) is 0 Å². The molecule has 4 heteroatoms. The van der Waals surface area contributed by atoms with Crippen molar-refractivity contribution < 1.29 is 9.84 Å². The molecule has 0 amide bonds. The molecule has 0 aliphatic carbocycles. The average Bonchev–Trinajstić information content (AvgIpc) is 2.17. The predicted octanol–water partition coefficient (Wildman–Crippen LogP) is 1.62. The summed E-state index contributed by atoms with van der Waals surface area (Å²) < 4.78 is 6.08. The van der Waals surface area contributed by atoms with Gasteiger partial charge in [-0.25, -0.2) is 0 Å². The summed E-state index contributed by atoms with van der Waals surface area (Å²) in [7, 11) is 1.57. The normalized spacial score (nSPS) is 14.9. The molecule has 0 aliphatic rings. The number of rotatable bonds is 3. The molecule has 14 heavy (non-hydrogen) atoms. The minimum atomic E-state index is -1.05. The van der Waals surface area contributed by atoms with Crippen molar-refractivity contribution in [3.63, 3.8) is 0 Å². The maximum absolute atomic E-state index is 9.98. The van der Waals surface area contributed by atoms with E-state index in [9.17, 15) is 5.11 Å². The van der Waals surface area contributed by atoms with Crippen LogP contribution in [-0.2, 0) is 5.60 Å². The summed E-state index contributed by atoms with van der Waals surface area (Å²) >= 11 is 3.33. The third-order valence-corrected chi connectivity index (χ3v) is 2.63. The number of nitrogens with two attached hydrogens (primary N) is 1. The molecule has 78 valence electrons. The average molecular weight is 260 g/mol. The van der Waals surface area contributed by atoms with Crippen molar-refractivity contribution in [1.82, 2.24) is 0 Å². The van der Waals surface area contributed by atoms with Crippen LogP contribution in [0.15, 0.2) is 22.7 Å². The number of hydrogen-bond acceptors (Lipinski definition) is 3. The van der Waals surface area contributed by atoms with Crippen LogP contribution >= 0.6 is 15.9 Å². The van der Waals surface area contributed by atoms with E-state index in [0.717, 1.165) is 4.47 Å². The minimum Gasteiger partial charge on any atom is -0.496 e. The third kappa shape index (κ3) is 2.26. The molecule has 0 aromatic heterocycles. The highest BCUT2D eigenvalue weighted by Gasteiger charge is 2.24. The fourth-order valence-corrected chi connectivity index (χ4v) is 1.56. The van der Waals surface area contributed by atoms with Crippen molar-refractivity contribution in [3.05, 3.63) is 28.2 Å². The second kappa shape index (κ2) is 4.29. The molecule has 1 atom stereocenters. The summed E-state index contributed by atoms with van der Waals surface area (Å²) in [5, 5.41) is 9.98. The zero-order valence-electron chi connectivity index (χ0n) is 8.25. The molecule has 1 aromatic carbocycles. The summed E-state index contributed by atoms with van der Waals surface area (Å²) in [6, 6.07) is 5.46. The van der Waals surface area contributed by atoms with Gasteiger partial charge in [-0.15, -0.1) is 0 Å². The lowest BCUT2D eigenvalue weighted by Gasteiger charge is -2.23. The van der Waals surface area contributed by atoms with E-state index in [1.807, 2.05) is 6.07 Å². The Morgan fingerprint density at radius 1 is 1.57 bits per heavy atom. The van der Waals surface area contributed by atoms with E-state index in [1.165, 1.54) is 0 Å². The molecule has 1 aromatic rings. The van der Waals surface area contributed by atoms with Gasteiger partial charge in [0, 0.05) is 16.6 Å². The van der Waals surface area contributed by atoms with Gasteiger partial charge < -0.3 is 15.6 Å². The number of hydrogen-bond donors (Lipinski definition) is 2. The summed E-state index contributed by atoms with van der Waals surface area (Å²) in [5.74, 6) is 0.634. The van der Waals surface area contributed by atoms with Crippen molar-refractivity contribution in [2.75, 3.05) is 13.7 Å². The highest BCUT2D eigenvalue weighted by Crippen LogP contribution is 2.31. The smallest absolute Gasteiger partial charge is 0.126 e. The fraction of sp³-hybridized carbons (Fsp3) is 0.400. The first kappa shape index (κ1) is 11.5. The van der Waals surface area contributed by atoms with Crippen LogP contribution in [0.2, 0.25) is 0 Å². The van der Waals surface area contributed by atoms with Gasteiger partial charge in [-0.05, 0) is 19.1 Å². The molecule has 0 heterocycles. The van der Waals surface area contributed by atoms with Crippen molar-refractivity contribution in [2.45, 2.75) is 12.5 Å². The molecule has 3 nitrogen and oxygen atoms in total. The van der Waals surface area contributed by atoms with Crippen LogP contribution < -0.4 is 10.5 Å². The first-order chi connectivity index (χ1) is 6.51. The largest absolute Gasteiger partial charge is 0.496 e. The Bertz CT molecular complexity index is 326. The van der Waals surface area contributed by atoms with Crippen LogP contribution in [0.25, 0.3) is 0 Å². The Balaban J connectivity index is 3.20. The van der Waals surface area contributed by atoms with Gasteiger partial charge in [-0.2, -0.15) is 0 Å². The zero-order valence-corrected chi connectivity index (χ0v) is 9.84. The van der Waals surface area contributed by atoms with Gasteiger partial charge in [0.05, 0.1) is 7.11 Å². The molecule has 1 unspecified atom stereocenters. The van der Waals surface area contributed by atoms with Crippen molar-refractivity contribution in [1.29, 1.82) is 0 Å². The van der Waals surface area contributed by atoms with E-state index >= 15 is 0 Å². The highest BCUT2D eigenvalue weighted by atomic mass is 79.9. The van der Waals surface area contributed by atoms with Gasteiger partial charge in [0.1, 0.15) is 11.4 Å². The lowest BCUT2D eigenvalue weighted by atomic mass is 9.95. The van der Waals surface area contributed by atoms with Crippen LogP contribution in [0.4, 0.5) is 0 Å². The predicted molar refractivity (Wildman–Crippen MR) is 59.3 cm³/mol. The molecule has 3 N–H and O–H groups in total. The van der Waals surface area contributed by atoms with Crippen LogP contribution in [0.5, 0.6) is 5.75 Å². The Morgan fingerprint density at radius 3 is 2.71 bits per heavy atom. The van der Waals surface area contributed by atoms with Crippen LogP contribution in [0, 0.1) is 0 Å². The van der Waals surface area contributed by atoms with Gasteiger partial charge in [-0.3, -0.25) is 0 Å². The van der Waals surface area contributed by atoms with Gasteiger partial charge >= 0.3 is 0 Å². The molecule has 0 radical (unpaired) electrons. The van der Waals surface area contributed by atoms with E-state index in [4.69, 9.17) is 10.5 Å². The van der Waals surface area contributed by atoms with E-state index < -0.39 is 5.60 Å². The van der Waals surface area contributed by atoms with Crippen molar-refractivity contribution in [3.8, 4) is 5.75 Å². The maximum Gasteiger partial charge on any atom is 0.126 e. The molecule has 1 rings (SSSR count). The van der Waals surface area contributed by atoms with Crippen molar-refractivity contribution >= 4 is 15.9 Å². The van der Waals surface area contributed by atoms with Gasteiger partial charge in [-0.1, -0.05) is 22.0 Å². The first-order valence-corrected chi connectivity index (χ1v) is 5.07. The molecule has 0 aliphatic heterocycles. The lowest BCUT2D eigenvalue weighted by Crippen LogP contribution is -2.31. The number of aliphatic hydroxyl groups is 1. The van der Waals surface area contributed by atoms with E-state index in [2.05, 4.69) is 15.9 Å². The summed E-state index contributed by atoms with van der Waals surface area (Å²) in [6.45, 7) is 1.82. The Labute approximate surface area is 92.0 Å². The third-order valence-electron chi connectivity index (χ3n) is 2.14. The highest BCUT2D eigenvalue weighted by molar-refractivity contribution is 9.10. The second-order valence-electron chi connectivity index (χ2n) is 3.32. The molecule has 0 bridgehead atoms. The number of halogens is 1. The maximum atomic E-state index is 9.98. The van der Waals surface area contributed by atoms with E-state index in [0.29, 0.717) is 11.3 Å². The Morgan fingerprint density at radius 2 is 2.21 bits per heavy atom. The molecule has 0 fully saturated rings. The van der Waals surface area contributed by atoms with E-state index in [-0.39, 0.29) is 6.54 Å². The Hall–Kier alpha value is -0.580. The van der Waals surface area contributed by atoms with Crippen LogP contribution in [0.3, 0.4) is 0 Å². The van der Waals surface area contributed by atoms with Crippen molar-refractivity contribution in [2.24, 2.45) is 5.73 Å². The first-order valence-electron chi connectivity index (χ1n) is 4.27. The molecular weight excluding hydrogens is 246 g/mol. The number of ether oxygens (including phenoxy) is 1. The molecule has 0 saturated heterocycles. The molecular formula is C10H14BrNO2.